The maximum atomic E-state index is 10.6. The molecule has 25 heavy (non-hydrogen) atoms. The number of fused-ring (bicyclic) bond motifs is 1. The van der Waals surface area contributed by atoms with Crippen LogP contribution in [0.3, 0.4) is 0 Å². The Hall–Kier alpha value is -2.99. The van der Waals surface area contributed by atoms with Gasteiger partial charge in [-0.1, -0.05) is 11.6 Å². The van der Waals surface area contributed by atoms with Crippen LogP contribution in [-0.4, -0.2) is 29.2 Å². The van der Waals surface area contributed by atoms with Crippen LogP contribution in [-0.2, 0) is 0 Å². The Bertz CT molecular complexity index is 926. The number of non-ortho nitro benzene ring substituents is 1. The molecule has 6 nitrogen and oxygen atoms in total. The molecule has 1 N–H and O–H groups in total. The molecule has 0 saturated heterocycles. The summed E-state index contributed by atoms with van der Waals surface area (Å²) in [4.78, 5) is 18.8. The summed E-state index contributed by atoms with van der Waals surface area (Å²) in [7, 11) is 0. The second kappa shape index (κ2) is 7.72. The number of rotatable bonds is 6. The number of aliphatic imine (C=N–C) groups is 1. The van der Waals surface area contributed by atoms with Crippen molar-refractivity contribution in [2.45, 2.75) is 0 Å². The summed E-state index contributed by atoms with van der Waals surface area (Å²) < 4.78 is 0. The molecule has 2 aromatic carbocycles. The van der Waals surface area contributed by atoms with Crippen LogP contribution in [0.2, 0.25) is 5.02 Å². The van der Waals surface area contributed by atoms with E-state index < -0.39 is 4.92 Å². The number of anilines is 1. The van der Waals surface area contributed by atoms with Gasteiger partial charge in [0.05, 0.1) is 17.0 Å². The van der Waals surface area contributed by atoms with Crippen molar-refractivity contribution in [1.82, 2.24) is 4.98 Å². The van der Waals surface area contributed by atoms with Crippen molar-refractivity contribution in [2.24, 2.45) is 4.99 Å². The smallest absolute Gasteiger partial charge is 0.269 e. The highest BCUT2D eigenvalue weighted by atomic mass is 35.5. The van der Waals surface area contributed by atoms with E-state index in [1.54, 1.807) is 24.5 Å². The molecule has 0 spiro atoms. The average molecular weight is 355 g/mol. The number of hydrogen-bond acceptors (Lipinski definition) is 5. The number of nitro groups is 1. The third-order valence-electron chi connectivity index (χ3n) is 3.61. The number of pyridine rings is 1. The Morgan fingerprint density at radius 2 is 2.00 bits per heavy atom. The predicted molar refractivity (Wildman–Crippen MR) is 101 cm³/mol. The Morgan fingerprint density at radius 3 is 2.76 bits per heavy atom. The van der Waals surface area contributed by atoms with Crippen molar-refractivity contribution in [3.63, 3.8) is 0 Å². The average Bonchev–Trinajstić information content (AvgIpc) is 2.61. The molecule has 0 amide bonds. The highest BCUT2D eigenvalue weighted by molar-refractivity contribution is 6.31. The molecule has 0 unspecified atom stereocenters. The summed E-state index contributed by atoms with van der Waals surface area (Å²) >= 11 is 5.99. The number of halogens is 1. The predicted octanol–water partition coefficient (Wildman–Crippen LogP) is 4.33. The van der Waals surface area contributed by atoms with E-state index in [0.717, 1.165) is 22.2 Å². The third-order valence-corrected chi connectivity index (χ3v) is 3.84. The van der Waals surface area contributed by atoms with Crippen LogP contribution < -0.4 is 5.32 Å². The molecule has 0 aliphatic rings. The molecule has 0 saturated carbocycles. The van der Waals surface area contributed by atoms with E-state index in [1.165, 1.54) is 12.1 Å². The van der Waals surface area contributed by atoms with Gasteiger partial charge in [0.1, 0.15) is 0 Å². The van der Waals surface area contributed by atoms with Crippen molar-refractivity contribution in [2.75, 3.05) is 18.4 Å². The van der Waals surface area contributed by atoms with E-state index in [0.29, 0.717) is 18.1 Å². The minimum atomic E-state index is -0.420. The van der Waals surface area contributed by atoms with Crippen molar-refractivity contribution in [3.8, 4) is 0 Å². The lowest BCUT2D eigenvalue weighted by Gasteiger charge is -2.08. The van der Waals surface area contributed by atoms with Gasteiger partial charge < -0.3 is 5.32 Å². The van der Waals surface area contributed by atoms with Gasteiger partial charge in [0.2, 0.25) is 0 Å². The summed E-state index contributed by atoms with van der Waals surface area (Å²) in [6.07, 6.45) is 3.44. The van der Waals surface area contributed by atoms with Crippen LogP contribution >= 0.6 is 11.6 Å². The quantitative estimate of drug-likeness (QED) is 0.309. The molecule has 0 aliphatic carbocycles. The fraction of sp³-hybridized carbons (Fsp3) is 0.111. The van der Waals surface area contributed by atoms with Crippen LogP contribution in [0, 0.1) is 10.1 Å². The SMILES string of the molecule is O=[N+]([O-])c1ccc(C=NCCNc2ccnc3cc(Cl)ccc23)cc1. The number of aromatic nitrogens is 1. The monoisotopic (exact) mass is 354 g/mol. The van der Waals surface area contributed by atoms with Gasteiger partial charge in [-0.2, -0.15) is 0 Å². The molecule has 0 radical (unpaired) electrons. The standard InChI is InChI=1S/C18H15ClN4O2/c19-14-3-6-16-17(7-8-21-18(16)11-14)22-10-9-20-12-13-1-4-15(5-2-13)23(24)25/h1-8,11-12H,9-10H2,(H,21,22). The Kier molecular flexibility index (Phi) is 5.20. The second-order valence-electron chi connectivity index (χ2n) is 5.33. The lowest BCUT2D eigenvalue weighted by molar-refractivity contribution is -0.384. The van der Waals surface area contributed by atoms with Gasteiger partial charge in [-0.25, -0.2) is 0 Å². The fourth-order valence-electron chi connectivity index (χ4n) is 2.38. The zero-order chi connectivity index (χ0) is 17.6. The molecule has 0 atom stereocenters. The van der Waals surface area contributed by atoms with Crippen LogP contribution in [0.4, 0.5) is 11.4 Å². The first kappa shape index (κ1) is 16.9. The largest absolute Gasteiger partial charge is 0.383 e. The third kappa shape index (κ3) is 4.30. The first-order valence-corrected chi connectivity index (χ1v) is 8.04. The normalized spacial score (nSPS) is 11.1. The van der Waals surface area contributed by atoms with Gasteiger partial charge in [0.25, 0.3) is 5.69 Å². The summed E-state index contributed by atoms with van der Waals surface area (Å²) in [5, 5.41) is 15.6. The van der Waals surface area contributed by atoms with E-state index in [9.17, 15) is 10.1 Å². The maximum Gasteiger partial charge on any atom is 0.269 e. The summed E-state index contributed by atoms with van der Waals surface area (Å²) in [5.41, 5.74) is 2.72. The van der Waals surface area contributed by atoms with E-state index in [4.69, 9.17) is 11.6 Å². The molecule has 0 aliphatic heterocycles. The van der Waals surface area contributed by atoms with E-state index in [2.05, 4.69) is 15.3 Å². The minimum Gasteiger partial charge on any atom is -0.383 e. The van der Waals surface area contributed by atoms with Crippen LogP contribution in [0.5, 0.6) is 0 Å². The molecular weight excluding hydrogens is 340 g/mol. The highest BCUT2D eigenvalue weighted by Crippen LogP contribution is 2.24. The molecule has 3 aromatic rings. The van der Waals surface area contributed by atoms with Crippen molar-refractivity contribution < 1.29 is 4.92 Å². The Morgan fingerprint density at radius 1 is 1.20 bits per heavy atom. The zero-order valence-corrected chi connectivity index (χ0v) is 14.0. The molecule has 7 heteroatoms. The fourth-order valence-corrected chi connectivity index (χ4v) is 2.55. The number of hydrogen-bond donors (Lipinski definition) is 1. The van der Waals surface area contributed by atoms with Gasteiger partial charge in [-0.05, 0) is 42.0 Å². The number of nitrogens with zero attached hydrogens (tertiary/aromatic N) is 3. The van der Waals surface area contributed by atoms with Gasteiger partial charge in [0, 0.05) is 47.2 Å². The van der Waals surface area contributed by atoms with E-state index in [-0.39, 0.29) is 5.69 Å². The van der Waals surface area contributed by atoms with E-state index in [1.807, 2.05) is 24.3 Å². The number of nitro benzene ring substituents is 1. The number of benzene rings is 2. The lowest BCUT2D eigenvalue weighted by atomic mass is 10.2. The molecule has 3 rings (SSSR count). The Labute approximate surface area is 149 Å². The molecule has 126 valence electrons. The first-order chi connectivity index (χ1) is 12.1. The Balaban J connectivity index is 1.57. The van der Waals surface area contributed by atoms with Crippen LogP contribution in [0.25, 0.3) is 10.9 Å². The summed E-state index contributed by atoms with van der Waals surface area (Å²) in [6, 6.07) is 13.8. The van der Waals surface area contributed by atoms with Crippen molar-refractivity contribution in [3.05, 3.63) is 75.4 Å². The lowest BCUT2D eigenvalue weighted by Crippen LogP contribution is -2.05. The van der Waals surface area contributed by atoms with Gasteiger partial charge >= 0.3 is 0 Å². The zero-order valence-electron chi connectivity index (χ0n) is 13.2. The summed E-state index contributed by atoms with van der Waals surface area (Å²) in [6.45, 7) is 1.24. The minimum absolute atomic E-state index is 0.0727. The topological polar surface area (TPSA) is 80.4 Å². The van der Waals surface area contributed by atoms with E-state index >= 15 is 0 Å². The highest BCUT2D eigenvalue weighted by Gasteiger charge is 2.03. The molecule has 1 heterocycles. The molecular formula is C18H15ClN4O2. The van der Waals surface area contributed by atoms with Crippen LogP contribution in [0.15, 0.2) is 59.7 Å². The number of nitrogens with one attached hydrogen (secondary N) is 1. The van der Waals surface area contributed by atoms with Crippen LogP contribution in [0.1, 0.15) is 5.56 Å². The van der Waals surface area contributed by atoms with Gasteiger partial charge in [-0.3, -0.25) is 20.1 Å². The van der Waals surface area contributed by atoms with Crippen molar-refractivity contribution in [1.29, 1.82) is 0 Å². The molecule has 1 aromatic heterocycles. The molecule has 0 fully saturated rings. The van der Waals surface area contributed by atoms with Gasteiger partial charge in [0.15, 0.2) is 0 Å². The maximum absolute atomic E-state index is 10.6. The second-order valence-corrected chi connectivity index (χ2v) is 5.77. The molecule has 0 bridgehead atoms. The van der Waals surface area contributed by atoms with Gasteiger partial charge in [-0.15, -0.1) is 0 Å². The van der Waals surface area contributed by atoms with Crippen molar-refractivity contribution >= 4 is 40.1 Å². The first-order valence-electron chi connectivity index (χ1n) is 7.66. The summed E-state index contributed by atoms with van der Waals surface area (Å²) in [5.74, 6) is 0.